The number of amides is 1. The van der Waals surface area contributed by atoms with Crippen LogP contribution in [0.3, 0.4) is 0 Å². The second-order valence-electron chi connectivity index (χ2n) is 13.4. The first-order valence-electron chi connectivity index (χ1n) is 16.7. The standard InChI is InChI=1S/C33H46ClF2N5O7/c34-23-13-38-33(39-14-23)40-4-1-21(2-5-40)22-7-19(8-22)3-6-48-24-9-26(35)25(27(36)10-24)11-30(45)41-16-20(17-41)12-37-15-28(43)31(46)32(47)29(44)18-42/h9-10,13-14,19-22,28-29,31-32,37,42-44,46-47H,1-8,11-12,15-18H2/t19?,22?,28-,29+,31+,32+/m0/s1. The molecule has 266 valence electrons. The number of nitrogens with one attached hydrogen (secondary N) is 1. The molecule has 0 unspecified atom stereocenters. The first-order valence-corrected chi connectivity index (χ1v) is 17.0. The van der Waals surface area contributed by atoms with Gasteiger partial charge in [-0.3, -0.25) is 4.79 Å². The molecular formula is C33H46ClF2N5O7. The van der Waals surface area contributed by atoms with Crippen LogP contribution in [0.25, 0.3) is 0 Å². The maximum atomic E-state index is 14.8. The van der Waals surface area contributed by atoms with Crippen molar-refractivity contribution in [3.63, 3.8) is 0 Å². The van der Waals surface area contributed by atoms with E-state index in [1.165, 1.54) is 4.90 Å². The Morgan fingerprint density at radius 3 is 2.23 bits per heavy atom. The topological polar surface area (TPSA) is 172 Å². The number of anilines is 1. The van der Waals surface area contributed by atoms with Crippen molar-refractivity contribution in [2.45, 2.75) is 62.9 Å². The lowest BCUT2D eigenvalue weighted by molar-refractivity contribution is -0.136. The predicted molar refractivity (Wildman–Crippen MR) is 172 cm³/mol. The fourth-order valence-corrected chi connectivity index (χ4v) is 7.01. The van der Waals surface area contributed by atoms with Crippen molar-refractivity contribution in [3.05, 3.63) is 46.7 Å². The monoisotopic (exact) mass is 697 g/mol. The molecule has 6 N–H and O–H groups in total. The van der Waals surface area contributed by atoms with E-state index < -0.39 is 55.0 Å². The summed E-state index contributed by atoms with van der Waals surface area (Å²) in [6.45, 7) is 2.49. The average molecular weight is 698 g/mol. The van der Waals surface area contributed by atoms with Crippen molar-refractivity contribution >= 4 is 23.5 Å². The lowest BCUT2D eigenvalue weighted by Crippen LogP contribution is -2.55. The smallest absolute Gasteiger partial charge is 0.227 e. The number of nitrogens with zero attached hydrogens (tertiary/aromatic N) is 4. The molecule has 3 heterocycles. The number of hydrogen-bond donors (Lipinski definition) is 6. The third-order valence-corrected chi connectivity index (χ3v) is 10.2. The zero-order chi connectivity index (χ0) is 34.4. The third kappa shape index (κ3) is 9.29. The molecule has 1 saturated carbocycles. The van der Waals surface area contributed by atoms with Gasteiger partial charge >= 0.3 is 0 Å². The lowest BCUT2D eigenvalue weighted by Gasteiger charge is -2.44. The number of aliphatic hydroxyl groups is 5. The Hall–Kier alpha value is -2.72. The molecule has 1 amide bonds. The average Bonchev–Trinajstić information content (AvgIpc) is 3.04. The molecule has 3 aliphatic rings. The van der Waals surface area contributed by atoms with Gasteiger partial charge in [-0.05, 0) is 49.9 Å². The molecule has 15 heteroatoms. The zero-order valence-electron chi connectivity index (χ0n) is 26.8. The Labute approximate surface area is 283 Å². The van der Waals surface area contributed by atoms with E-state index in [4.69, 9.17) is 21.4 Å². The summed E-state index contributed by atoms with van der Waals surface area (Å²) in [6, 6.07) is 2.26. The van der Waals surface area contributed by atoms with Crippen molar-refractivity contribution in [2.24, 2.45) is 23.7 Å². The van der Waals surface area contributed by atoms with Crippen molar-refractivity contribution in [1.29, 1.82) is 0 Å². The SMILES string of the molecule is O=C(Cc1c(F)cc(OCCC2CC(C3CCN(c4ncc(Cl)cn4)CC3)C2)cc1F)N1CC(CNC[C@H](O)[C@@H](O)[C@H](O)[C@H](O)CO)C1. The first kappa shape index (κ1) is 36.6. The number of carbonyl (C=O) groups excluding carboxylic acids is 1. The molecule has 48 heavy (non-hydrogen) atoms. The number of piperidine rings is 1. The number of aliphatic hydroxyl groups excluding tert-OH is 5. The minimum atomic E-state index is -1.70. The summed E-state index contributed by atoms with van der Waals surface area (Å²) in [5, 5.41) is 51.2. The first-order chi connectivity index (χ1) is 23.0. The van der Waals surface area contributed by atoms with E-state index in [1.807, 2.05) is 0 Å². The van der Waals surface area contributed by atoms with Gasteiger partial charge in [0.1, 0.15) is 35.7 Å². The predicted octanol–water partition coefficient (Wildman–Crippen LogP) is 1.15. The van der Waals surface area contributed by atoms with Gasteiger partial charge in [-0.1, -0.05) is 11.6 Å². The number of ether oxygens (including phenoxy) is 1. The molecule has 0 spiro atoms. The number of benzene rings is 1. The van der Waals surface area contributed by atoms with E-state index in [2.05, 4.69) is 20.2 Å². The Balaban J connectivity index is 0.954. The van der Waals surface area contributed by atoms with Crippen molar-refractivity contribution < 1.29 is 43.8 Å². The Bertz CT molecular complexity index is 1320. The maximum Gasteiger partial charge on any atom is 0.227 e. The maximum absolute atomic E-state index is 14.8. The summed E-state index contributed by atoms with van der Waals surface area (Å²) in [6.07, 6.45) is 1.79. The van der Waals surface area contributed by atoms with Gasteiger partial charge in [0, 0.05) is 62.9 Å². The van der Waals surface area contributed by atoms with Crippen LogP contribution in [0.4, 0.5) is 14.7 Å². The van der Waals surface area contributed by atoms with Gasteiger partial charge in [-0.25, -0.2) is 18.7 Å². The summed E-state index contributed by atoms with van der Waals surface area (Å²) in [7, 11) is 0. The molecule has 12 nitrogen and oxygen atoms in total. The minimum Gasteiger partial charge on any atom is -0.493 e. The number of halogens is 3. The Morgan fingerprint density at radius 2 is 1.60 bits per heavy atom. The summed E-state index contributed by atoms with van der Waals surface area (Å²) >= 11 is 5.90. The second-order valence-corrected chi connectivity index (χ2v) is 13.9. The van der Waals surface area contributed by atoms with Crippen LogP contribution in [0.2, 0.25) is 5.02 Å². The fraction of sp³-hybridized carbons (Fsp3) is 0.667. The highest BCUT2D eigenvalue weighted by Gasteiger charge is 2.37. The second kappa shape index (κ2) is 16.8. The highest BCUT2D eigenvalue weighted by atomic mass is 35.5. The molecule has 2 saturated heterocycles. The summed E-state index contributed by atoms with van der Waals surface area (Å²) in [4.78, 5) is 25.0. The van der Waals surface area contributed by atoms with Gasteiger partial charge in [-0.2, -0.15) is 0 Å². The summed E-state index contributed by atoms with van der Waals surface area (Å²) in [5.74, 6) is 0.712. The molecule has 1 aromatic heterocycles. The van der Waals surface area contributed by atoms with E-state index in [0.717, 1.165) is 63.3 Å². The minimum absolute atomic E-state index is 0.0332. The number of carbonyl (C=O) groups is 1. The largest absolute Gasteiger partial charge is 0.493 e. The molecule has 0 bridgehead atoms. The van der Waals surface area contributed by atoms with E-state index in [1.54, 1.807) is 12.4 Å². The number of hydrogen-bond acceptors (Lipinski definition) is 11. The molecular weight excluding hydrogens is 652 g/mol. The third-order valence-electron chi connectivity index (χ3n) is 10.0. The number of likely N-dealkylation sites (tertiary alicyclic amines) is 1. The molecule has 2 aromatic rings. The van der Waals surface area contributed by atoms with Gasteiger partial charge in [0.15, 0.2) is 0 Å². The lowest BCUT2D eigenvalue weighted by atomic mass is 9.65. The fourth-order valence-electron chi connectivity index (χ4n) is 6.91. The van der Waals surface area contributed by atoms with Crippen molar-refractivity contribution in [1.82, 2.24) is 20.2 Å². The van der Waals surface area contributed by atoms with Crippen LogP contribution < -0.4 is 15.0 Å². The van der Waals surface area contributed by atoms with E-state index in [9.17, 15) is 34.0 Å². The van der Waals surface area contributed by atoms with Crippen LogP contribution in [0.1, 0.15) is 37.7 Å². The van der Waals surface area contributed by atoms with Gasteiger partial charge < -0.3 is 45.4 Å². The van der Waals surface area contributed by atoms with Gasteiger partial charge in [0.25, 0.3) is 0 Å². The number of aromatic nitrogens is 2. The molecule has 1 aromatic carbocycles. The van der Waals surface area contributed by atoms with Gasteiger partial charge in [0.05, 0.1) is 43.2 Å². The van der Waals surface area contributed by atoms with Crippen LogP contribution in [-0.4, -0.2) is 123 Å². The van der Waals surface area contributed by atoms with Crippen LogP contribution in [0, 0.1) is 35.3 Å². The van der Waals surface area contributed by atoms with E-state index in [0.29, 0.717) is 49.0 Å². The van der Waals surface area contributed by atoms with Crippen molar-refractivity contribution in [3.8, 4) is 5.75 Å². The Morgan fingerprint density at radius 1 is 0.979 bits per heavy atom. The highest BCUT2D eigenvalue weighted by Crippen LogP contribution is 2.44. The van der Waals surface area contributed by atoms with Gasteiger partial charge in [0.2, 0.25) is 11.9 Å². The van der Waals surface area contributed by atoms with Crippen LogP contribution in [0.15, 0.2) is 24.5 Å². The molecule has 0 radical (unpaired) electrons. The number of rotatable bonds is 16. The quantitative estimate of drug-likeness (QED) is 0.149. The molecule has 3 fully saturated rings. The van der Waals surface area contributed by atoms with E-state index in [-0.39, 0.29) is 23.8 Å². The summed E-state index contributed by atoms with van der Waals surface area (Å²) in [5.41, 5.74) is -0.301. The highest BCUT2D eigenvalue weighted by molar-refractivity contribution is 6.30. The Kier molecular flexibility index (Phi) is 12.8. The van der Waals surface area contributed by atoms with Gasteiger partial charge in [-0.15, -0.1) is 0 Å². The van der Waals surface area contributed by atoms with Crippen molar-refractivity contribution in [2.75, 3.05) is 57.4 Å². The molecule has 5 rings (SSSR count). The summed E-state index contributed by atoms with van der Waals surface area (Å²) < 4.78 is 35.4. The zero-order valence-corrected chi connectivity index (χ0v) is 27.6. The molecule has 1 aliphatic carbocycles. The molecule has 2 aliphatic heterocycles. The van der Waals surface area contributed by atoms with Crippen LogP contribution in [0.5, 0.6) is 5.75 Å². The molecule has 4 atom stereocenters. The van der Waals surface area contributed by atoms with E-state index >= 15 is 0 Å². The van der Waals surface area contributed by atoms with Crippen LogP contribution in [-0.2, 0) is 11.2 Å². The van der Waals surface area contributed by atoms with Crippen LogP contribution >= 0.6 is 11.6 Å². The normalized spacial score (nSPS) is 22.8.